The Labute approximate surface area is 99.6 Å². The highest BCUT2D eigenvalue weighted by atomic mass is 16.5. The van der Waals surface area contributed by atoms with E-state index in [0.29, 0.717) is 11.7 Å². The van der Waals surface area contributed by atoms with Crippen LogP contribution in [0.3, 0.4) is 0 Å². The van der Waals surface area contributed by atoms with Gasteiger partial charge in [-0.3, -0.25) is 0 Å². The van der Waals surface area contributed by atoms with Crippen molar-refractivity contribution in [3.05, 3.63) is 41.5 Å². The van der Waals surface area contributed by atoms with Crippen LogP contribution in [0.4, 0.5) is 0 Å². The SMILES string of the molecule is Cc1nc(COc2ccccc2C(C)N)no1. The number of rotatable bonds is 4. The zero-order valence-electron chi connectivity index (χ0n) is 9.88. The van der Waals surface area contributed by atoms with Crippen LogP contribution in [-0.2, 0) is 6.61 Å². The molecule has 0 amide bonds. The van der Waals surface area contributed by atoms with E-state index in [2.05, 4.69) is 10.1 Å². The third-order valence-corrected chi connectivity index (χ3v) is 2.34. The molecule has 5 nitrogen and oxygen atoms in total. The lowest BCUT2D eigenvalue weighted by Gasteiger charge is -2.12. The van der Waals surface area contributed by atoms with E-state index in [9.17, 15) is 0 Å². The van der Waals surface area contributed by atoms with Gasteiger partial charge in [0.1, 0.15) is 5.75 Å². The average Bonchev–Trinajstić information content (AvgIpc) is 2.73. The number of benzene rings is 1. The lowest BCUT2D eigenvalue weighted by molar-refractivity contribution is 0.282. The molecule has 17 heavy (non-hydrogen) atoms. The van der Waals surface area contributed by atoms with E-state index < -0.39 is 0 Å². The molecule has 0 aliphatic heterocycles. The second kappa shape index (κ2) is 4.97. The maximum absolute atomic E-state index is 5.86. The Morgan fingerprint density at radius 1 is 1.41 bits per heavy atom. The van der Waals surface area contributed by atoms with Gasteiger partial charge in [-0.05, 0) is 13.0 Å². The molecule has 0 aliphatic carbocycles. The summed E-state index contributed by atoms with van der Waals surface area (Å²) in [6, 6.07) is 7.60. The van der Waals surface area contributed by atoms with Crippen LogP contribution in [0.15, 0.2) is 28.8 Å². The smallest absolute Gasteiger partial charge is 0.223 e. The largest absolute Gasteiger partial charge is 0.485 e. The minimum Gasteiger partial charge on any atom is -0.485 e. The summed E-state index contributed by atoms with van der Waals surface area (Å²) in [6.07, 6.45) is 0. The van der Waals surface area contributed by atoms with Crippen LogP contribution < -0.4 is 10.5 Å². The lowest BCUT2D eigenvalue weighted by atomic mass is 10.1. The molecule has 1 unspecified atom stereocenters. The van der Waals surface area contributed by atoms with Crippen molar-refractivity contribution in [3.63, 3.8) is 0 Å². The third-order valence-electron chi connectivity index (χ3n) is 2.34. The van der Waals surface area contributed by atoms with Gasteiger partial charge >= 0.3 is 0 Å². The molecule has 2 N–H and O–H groups in total. The summed E-state index contributed by atoms with van der Waals surface area (Å²) in [7, 11) is 0. The summed E-state index contributed by atoms with van der Waals surface area (Å²) >= 11 is 0. The summed E-state index contributed by atoms with van der Waals surface area (Å²) < 4.78 is 10.5. The van der Waals surface area contributed by atoms with Gasteiger partial charge in [-0.1, -0.05) is 23.4 Å². The highest BCUT2D eigenvalue weighted by molar-refractivity contribution is 5.35. The van der Waals surface area contributed by atoms with E-state index in [1.54, 1.807) is 6.92 Å². The Bertz CT molecular complexity index is 494. The number of hydrogen-bond acceptors (Lipinski definition) is 5. The summed E-state index contributed by atoms with van der Waals surface area (Å²) in [5.41, 5.74) is 6.82. The van der Waals surface area contributed by atoms with Gasteiger partial charge in [0.25, 0.3) is 0 Å². The number of aryl methyl sites for hydroxylation is 1. The summed E-state index contributed by atoms with van der Waals surface area (Å²) in [4.78, 5) is 4.07. The number of hydrogen-bond donors (Lipinski definition) is 1. The van der Waals surface area contributed by atoms with E-state index in [-0.39, 0.29) is 12.6 Å². The number of para-hydroxylation sites is 1. The predicted molar refractivity (Wildman–Crippen MR) is 62.4 cm³/mol. The molecule has 0 saturated carbocycles. The topological polar surface area (TPSA) is 74.2 Å². The fourth-order valence-corrected chi connectivity index (χ4v) is 1.53. The van der Waals surface area contributed by atoms with Gasteiger partial charge in [-0.25, -0.2) is 0 Å². The van der Waals surface area contributed by atoms with Gasteiger partial charge in [-0.2, -0.15) is 4.98 Å². The lowest BCUT2D eigenvalue weighted by Crippen LogP contribution is -2.08. The molecule has 1 aromatic carbocycles. The molecular formula is C12H15N3O2. The average molecular weight is 233 g/mol. The van der Waals surface area contributed by atoms with Crippen LogP contribution in [0, 0.1) is 6.92 Å². The van der Waals surface area contributed by atoms with Gasteiger partial charge in [0.05, 0.1) is 0 Å². The summed E-state index contributed by atoms with van der Waals surface area (Å²) in [5.74, 6) is 1.82. The Morgan fingerprint density at radius 3 is 2.82 bits per heavy atom. The maximum atomic E-state index is 5.86. The van der Waals surface area contributed by atoms with Gasteiger partial charge in [-0.15, -0.1) is 0 Å². The van der Waals surface area contributed by atoms with Crippen molar-refractivity contribution in [2.45, 2.75) is 26.5 Å². The second-order valence-electron chi connectivity index (χ2n) is 3.84. The summed E-state index contributed by atoms with van der Waals surface area (Å²) in [5, 5.41) is 3.76. The third kappa shape index (κ3) is 2.82. The molecule has 0 radical (unpaired) electrons. The first-order valence-corrected chi connectivity index (χ1v) is 5.43. The predicted octanol–water partition coefficient (Wildman–Crippen LogP) is 1.98. The van der Waals surface area contributed by atoms with Crippen molar-refractivity contribution in [2.75, 3.05) is 0 Å². The van der Waals surface area contributed by atoms with Crippen LogP contribution in [0.1, 0.15) is 30.2 Å². The van der Waals surface area contributed by atoms with E-state index in [0.717, 1.165) is 11.3 Å². The van der Waals surface area contributed by atoms with Gasteiger partial charge < -0.3 is 15.0 Å². The first-order chi connectivity index (χ1) is 8.16. The zero-order chi connectivity index (χ0) is 12.3. The van der Waals surface area contributed by atoms with E-state index in [1.165, 1.54) is 0 Å². The number of nitrogens with two attached hydrogens (primary N) is 1. The Kier molecular flexibility index (Phi) is 3.39. The molecule has 0 fully saturated rings. The van der Waals surface area contributed by atoms with Crippen LogP contribution in [0.5, 0.6) is 5.75 Å². The van der Waals surface area contributed by atoms with E-state index in [1.807, 2.05) is 31.2 Å². The van der Waals surface area contributed by atoms with Crippen molar-refractivity contribution in [3.8, 4) is 5.75 Å². The zero-order valence-corrected chi connectivity index (χ0v) is 9.88. The fourth-order valence-electron chi connectivity index (χ4n) is 1.53. The molecule has 0 spiro atoms. The first kappa shape index (κ1) is 11.6. The van der Waals surface area contributed by atoms with Crippen molar-refractivity contribution < 1.29 is 9.26 Å². The van der Waals surface area contributed by atoms with E-state index >= 15 is 0 Å². The second-order valence-corrected chi connectivity index (χ2v) is 3.84. The van der Waals surface area contributed by atoms with Crippen LogP contribution in [0.25, 0.3) is 0 Å². The van der Waals surface area contributed by atoms with Gasteiger partial charge in [0.15, 0.2) is 6.61 Å². The van der Waals surface area contributed by atoms with Crippen molar-refractivity contribution >= 4 is 0 Å². The highest BCUT2D eigenvalue weighted by Gasteiger charge is 2.09. The molecular weight excluding hydrogens is 218 g/mol. The van der Waals surface area contributed by atoms with Crippen molar-refractivity contribution in [2.24, 2.45) is 5.73 Å². The van der Waals surface area contributed by atoms with Gasteiger partial charge in [0, 0.05) is 18.5 Å². The van der Waals surface area contributed by atoms with Crippen LogP contribution >= 0.6 is 0 Å². The molecule has 2 aromatic rings. The van der Waals surface area contributed by atoms with Crippen LogP contribution in [0.2, 0.25) is 0 Å². The standard InChI is InChI=1S/C12H15N3O2/c1-8(13)10-5-3-4-6-11(10)16-7-12-14-9(2)17-15-12/h3-6,8H,7,13H2,1-2H3. The fraction of sp³-hybridized carbons (Fsp3) is 0.333. The number of nitrogens with zero attached hydrogens (tertiary/aromatic N) is 2. The maximum Gasteiger partial charge on any atom is 0.223 e. The molecule has 90 valence electrons. The van der Waals surface area contributed by atoms with Crippen molar-refractivity contribution in [1.82, 2.24) is 10.1 Å². The molecule has 1 heterocycles. The minimum atomic E-state index is -0.0711. The molecule has 1 atom stereocenters. The number of ether oxygens (including phenoxy) is 1. The highest BCUT2D eigenvalue weighted by Crippen LogP contribution is 2.23. The molecule has 0 saturated heterocycles. The monoisotopic (exact) mass is 233 g/mol. The Balaban J connectivity index is 2.08. The summed E-state index contributed by atoms with van der Waals surface area (Å²) in [6.45, 7) is 3.94. The normalized spacial score (nSPS) is 12.4. The van der Waals surface area contributed by atoms with E-state index in [4.69, 9.17) is 15.0 Å². The Hall–Kier alpha value is -1.88. The minimum absolute atomic E-state index is 0.0711. The van der Waals surface area contributed by atoms with Gasteiger partial charge in [0.2, 0.25) is 11.7 Å². The Morgan fingerprint density at radius 2 is 2.18 bits per heavy atom. The van der Waals surface area contributed by atoms with Crippen LogP contribution in [-0.4, -0.2) is 10.1 Å². The molecule has 0 bridgehead atoms. The molecule has 2 rings (SSSR count). The number of aromatic nitrogens is 2. The molecule has 1 aromatic heterocycles. The molecule has 5 heteroatoms. The van der Waals surface area contributed by atoms with Crippen molar-refractivity contribution in [1.29, 1.82) is 0 Å². The molecule has 0 aliphatic rings. The first-order valence-electron chi connectivity index (χ1n) is 5.43. The quantitative estimate of drug-likeness (QED) is 0.873.